The molecule has 0 aliphatic rings. The number of carbonyl (C=O) groups is 1. The number of amides is 1. The van der Waals surface area contributed by atoms with Gasteiger partial charge < -0.3 is 10.7 Å². The van der Waals surface area contributed by atoms with Crippen molar-refractivity contribution < 1.29 is 4.79 Å². The average molecular weight is 348 g/mol. The number of aromatic amines is 1. The van der Waals surface area contributed by atoms with E-state index in [1.54, 1.807) is 6.07 Å². The minimum Gasteiger partial charge on any atom is -0.370 e. The van der Waals surface area contributed by atoms with Crippen LogP contribution < -0.4 is 5.73 Å². The van der Waals surface area contributed by atoms with Crippen LogP contribution in [-0.4, -0.2) is 15.9 Å². The predicted molar refractivity (Wildman–Crippen MR) is 92.8 cm³/mol. The molecular formula is C17H15Cl2N3O. The van der Waals surface area contributed by atoms with Gasteiger partial charge in [-0.15, -0.1) is 0 Å². The van der Waals surface area contributed by atoms with Crippen molar-refractivity contribution in [2.75, 3.05) is 0 Å². The van der Waals surface area contributed by atoms with Crippen molar-refractivity contribution in [2.45, 2.75) is 18.8 Å². The molecule has 1 atom stereocenters. The van der Waals surface area contributed by atoms with E-state index < -0.39 is 0 Å². The van der Waals surface area contributed by atoms with Gasteiger partial charge in [-0.3, -0.25) is 4.79 Å². The molecule has 0 radical (unpaired) electrons. The fourth-order valence-corrected chi connectivity index (χ4v) is 2.95. The highest BCUT2D eigenvalue weighted by atomic mass is 35.5. The van der Waals surface area contributed by atoms with E-state index in [2.05, 4.69) is 9.97 Å². The van der Waals surface area contributed by atoms with Crippen LogP contribution in [0.1, 0.15) is 23.7 Å². The minimum absolute atomic E-state index is 0.0548. The Morgan fingerprint density at radius 2 is 1.83 bits per heavy atom. The molecule has 0 spiro atoms. The van der Waals surface area contributed by atoms with Crippen molar-refractivity contribution in [1.29, 1.82) is 0 Å². The summed E-state index contributed by atoms with van der Waals surface area (Å²) in [6, 6.07) is 12.9. The summed E-state index contributed by atoms with van der Waals surface area (Å²) < 4.78 is 0. The van der Waals surface area contributed by atoms with E-state index in [9.17, 15) is 4.79 Å². The standard InChI is InChI=1S/C17H15Cl2N3O/c18-12-3-1-10(2-4-12)11(7-16(20)23)8-17-21-14-6-5-13(19)9-15(14)22-17/h1-6,9,11H,7-8H2,(H2,20,23)(H,21,22). The summed E-state index contributed by atoms with van der Waals surface area (Å²) in [4.78, 5) is 19.2. The molecule has 0 fully saturated rings. The summed E-state index contributed by atoms with van der Waals surface area (Å²) in [5.74, 6) is 0.397. The third-order valence-electron chi connectivity index (χ3n) is 3.72. The lowest BCUT2D eigenvalue weighted by Gasteiger charge is -2.14. The number of nitrogens with one attached hydrogen (secondary N) is 1. The van der Waals surface area contributed by atoms with Gasteiger partial charge in [0.05, 0.1) is 11.0 Å². The molecule has 0 saturated heterocycles. The number of fused-ring (bicyclic) bond motifs is 1. The van der Waals surface area contributed by atoms with Crippen molar-refractivity contribution in [3.63, 3.8) is 0 Å². The van der Waals surface area contributed by atoms with Gasteiger partial charge >= 0.3 is 0 Å². The van der Waals surface area contributed by atoms with E-state index in [0.29, 0.717) is 16.5 Å². The van der Waals surface area contributed by atoms with E-state index in [4.69, 9.17) is 28.9 Å². The lowest BCUT2D eigenvalue weighted by molar-refractivity contribution is -0.118. The number of nitrogens with two attached hydrogens (primary N) is 1. The number of primary amides is 1. The van der Waals surface area contributed by atoms with Gasteiger partial charge in [-0.25, -0.2) is 4.98 Å². The number of carbonyl (C=O) groups excluding carboxylic acids is 1. The minimum atomic E-state index is -0.343. The maximum Gasteiger partial charge on any atom is 0.218 e. The zero-order valence-corrected chi connectivity index (χ0v) is 13.7. The van der Waals surface area contributed by atoms with Crippen molar-refractivity contribution in [3.05, 3.63) is 63.9 Å². The first kappa shape index (κ1) is 15.8. The van der Waals surface area contributed by atoms with Crippen LogP contribution >= 0.6 is 23.2 Å². The van der Waals surface area contributed by atoms with E-state index in [0.717, 1.165) is 22.4 Å². The van der Waals surface area contributed by atoms with E-state index in [1.807, 2.05) is 36.4 Å². The van der Waals surface area contributed by atoms with Gasteiger partial charge in [-0.1, -0.05) is 35.3 Å². The average Bonchev–Trinajstić information content (AvgIpc) is 2.88. The molecule has 1 heterocycles. The molecule has 4 nitrogen and oxygen atoms in total. The normalized spacial score (nSPS) is 12.4. The van der Waals surface area contributed by atoms with Crippen LogP contribution in [0.25, 0.3) is 11.0 Å². The molecule has 1 amide bonds. The maximum atomic E-state index is 11.4. The molecule has 118 valence electrons. The summed E-state index contributed by atoms with van der Waals surface area (Å²) in [7, 11) is 0. The molecule has 3 rings (SSSR count). The Bertz CT molecular complexity index is 843. The van der Waals surface area contributed by atoms with Gasteiger partial charge in [0, 0.05) is 22.9 Å². The van der Waals surface area contributed by atoms with Crippen LogP contribution in [0.5, 0.6) is 0 Å². The number of halogens is 2. The van der Waals surface area contributed by atoms with Crippen LogP contribution in [0.15, 0.2) is 42.5 Å². The molecule has 3 aromatic rings. The summed E-state index contributed by atoms with van der Waals surface area (Å²) in [5.41, 5.74) is 8.12. The SMILES string of the molecule is NC(=O)CC(Cc1nc2ccc(Cl)cc2[nH]1)c1ccc(Cl)cc1. The van der Waals surface area contributed by atoms with Gasteiger partial charge in [-0.2, -0.15) is 0 Å². The van der Waals surface area contributed by atoms with Crippen molar-refractivity contribution >= 4 is 40.1 Å². The Morgan fingerprint density at radius 1 is 1.13 bits per heavy atom. The van der Waals surface area contributed by atoms with Gasteiger partial charge in [0.25, 0.3) is 0 Å². The number of nitrogens with zero attached hydrogens (tertiary/aromatic N) is 1. The molecule has 6 heteroatoms. The highest BCUT2D eigenvalue weighted by Crippen LogP contribution is 2.26. The first-order valence-corrected chi connectivity index (χ1v) is 7.95. The van der Waals surface area contributed by atoms with Crippen LogP contribution in [0.2, 0.25) is 10.0 Å². The number of H-pyrrole nitrogens is 1. The largest absolute Gasteiger partial charge is 0.370 e. The summed E-state index contributed by atoms with van der Waals surface area (Å²) in [6.07, 6.45) is 0.830. The molecule has 1 aromatic heterocycles. The first-order chi connectivity index (χ1) is 11.0. The number of benzene rings is 2. The molecule has 3 N–H and O–H groups in total. The molecule has 0 aliphatic heterocycles. The highest BCUT2D eigenvalue weighted by Gasteiger charge is 2.17. The van der Waals surface area contributed by atoms with Gasteiger partial charge in [0.2, 0.25) is 5.91 Å². The number of hydrogen-bond acceptors (Lipinski definition) is 2. The van der Waals surface area contributed by atoms with Gasteiger partial charge in [-0.05, 0) is 41.8 Å². The topological polar surface area (TPSA) is 71.8 Å². The molecule has 0 bridgehead atoms. The van der Waals surface area contributed by atoms with Gasteiger partial charge in [0.15, 0.2) is 0 Å². The lowest BCUT2D eigenvalue weighted by atomic mass is 9.92. The second-order valence-corrected chi connectivity index (χ2v) is 6.34. The number of imidazole rings is 1. The highest BCUT2D eigenvalue weighted by molar-refractivity contribution is 6.31. The van der Waals surface area contributed by atoms with Crippen molar-refractivity contribution in [3.8, 4) is 0 Å². The lowest BCUT2D eigenvalue weighted by Crippen LogP contribution is -2.17. The molecule has 23 heavy (non-hydrogen) atoms. The summed E-state index contributed by atoms with van der Waals surface area (Å²) in [5, 5.41) is 1.31. The van der Waals surface area contributed by atoms with Crippen LogP contribution in [0, 0.1) is 0 Å². The summed E-state index contributed by atoms with van der Waals surface area (Å²) in [6.45, 7) is 0. The Labute approximate surface area is 143 Å². The van der Waals surface area contributed by atoms with Crippen molar-refractivity contribution in [2.24, 2.45) is 5.73 Å². The van der Waals surface area contributed by atoms with Gasteiger partial charge in [0.1, 0.15) is 5.82 Å². The maximum absolute atomic E-state index is 11.4. The number of hydrogen-bond donors (Lipinski definition) is 2. The second-order valence-electron chi connectivity index (χ2n) is 5.47. The fourth-order valence-electron chi connectivity index (χ4n) is 2.65. The smallest absolute Gasteiger partial charge is 0.218 e. The van der Waals surface area contributed by atoms with E-state index in [1.165, 1.54) is 0 Å². The quantitative estimate of drug-likeness (QED) is 0.730. The number of aromatic nitrogens is 2. The monoisotopic (exact) mass is 347 g/mol. The zero-order chi connectivity index (χ0) is 16.4. The molecular weight excluding hydrogens is 333 g/mol. The molecule has 0 saturated carbocycles. The zero-order valence-electron chi connectivity index (χ0n) is 12.2. The Morgan fingerprint density at radius 3 is 2.52 bits per heavy atom. The molecule has 2 aromatic carbocycles. The third kappa shape index (κ3) is 3.84. The summed E-state index contributed by atoms with van der Waals surface area (Å²) >= 11 is 11.9. The Hall–Kier alpha value is -2.04. The Balaban J connectivity index is 1.89. The number of rotatable bonds is 5. The predicted octanol–water partition coefficient (Wildman–Crippen LogP) is 4.07. The van der Waals surface area contributed by atoms with E-state index in [-0.39, 0.29) is 18.2 Å². The fraction of sp³-hybridized carbons (Fsp3) is 0.176. The first-order valence-electron chi connectivity index (χ1n) is 7.19. The molecule has 1 unspecified atom stereocenters. The van der Waals surface area contributed by atoms with Crippen molar-refractivity contribution in [1.82, 2.24) is 9.97 Å². The van der Waals surface area contributed by atoms with Crippen LogP contribution in [-0.2, 0) is 11.2 Å². The Kier molecular flexibility index (Phi) is 4.55. The van der Waals surface area contributed by atoms with Crippen LogP contribution in [0.4, 0.5) is 0 Å². The van der Waals surface area contributed by atoms with E-state index >= 15 is 0 Å². The molecule has 0 aliphatic carbocycles. The second kappa shape index (κ2) is 6.60. The van der Waals surface area contributed by atoms with Crippen LogP contribution in [0.3, 0.4) is 0 Å². The third-order valence-corrected chi connectivity index (χ3v) is 4.21.